The van der Waals surface area contributed by atoms with Gasteiger partial charge in [-0.3, -0.25) is 0 Å². The zero-order valence-electron chi connectivity index (χ0n) is 12.1. The molecule has 0 heterocycles. The molecule has 0 aromatic carbocycles. The summed E-state index contributed by atoms with van der Waals surface area (Å²) >= 11 is 0. The third-order valence-electron chi connectivity index (χ3n) is 3.02. The van der Waals surface area contributed by atoms with Crippen LogP contribution in [0.5, 0.6) is 0 Å². The molecule has 0 aromatic heterocycles. The van der Waals surface area contributed by atoms with Crippen molar-refractivity contribution in [3.63, 3.8) is 0 Å². The van der Waals surface area contributed by atoms with Crippen LogP contribution in [-0.2, 0) is 0 Å². The molecule has 0 spiro atoms. The van der Waals surface area contributed by atoms with E-state index in [4.69, 9.17) is 0 Å². The maximum absolute atomic E-state index is 2.50. The zero-order chi connectivity index (χ0) is 11.2. The van der Waals surface area contributed by atoms with Gasteiger partial charge in [-0.15, -0.1) is 0 Å². The van der Waals surface area contributed by atoms with Gasteiger partial charge in [-0.1, -0.05) is 78.1 Å². The average molecular weight is 251 g/mol. The van der Waals surface area contributed by atoms with Crippen LogP contribution in [0.1, 0.15) is 90.9 Å². The van der Waals surface area contributed by atoms with Crippen LogP contribution in [-0.4, -0.2) is 0 Å². The van der Waals surface area contributed by atoms with Crippen LogP contribution in [0, 0.1) is 6.42 Å². The molecule has 0 unspecified atom stereocenters. The summed E-state index contributed by atoms with van der Waals surface area (Å²) < 4.78 is 0. The molecule has 0 N–H and O–H groups in total. The van der Waals surface area contributed by atoms with E-state index in [9.17, 15) is 0 Å². The van der Waals surface area contributed by atoms with E-state index in [-0.39, 0.29) is 51.4 Å². The van der Waals surface area contributed by atoms with Gasteiger partial charge >= 0.3 is 51.4 Å². The fraction of sp³-hybridized carbons (Fsp3) is 0.933. The first-order valence-electron chi connectivity index (χ1n) is 7.23. The van der Waals surface area contributed by atoms with Gasteiger partial charge in [0.25, 0.3) is 0 Å². The third kappa shape index (κ3) is 18.0. The second kappa shape index (κ2) is 19.0. The summed E-state index contributed by atoms with van der Waals surface area (Å²) in [6.07, 6.45) is 19.4. The molecule has 1 heteroatoms. The number of rotatable bonds is 12. The fourth-order valence-electron chi connectivity index (χ4n) is 1.93. The van der Waals surface area contributed by atoms with Crippen molar-refractivity contribution in [1.29, 1.82) is 0 Å². The van der Waals surface area contributed by atoms with Gasteiger partial charge in [-0.25, -0.2) is 0 Å². The molecule has 92 valence electrons. The number of unbranched alkanes of at least 4 members (excludes halogenated alkanes) is 12. The first-order valence-corrected chi connectivity index (χ1v) is 7.23. The largest absolute Gasteiger partial charge is 1.00 e. The summed E-state index contributed by atoms with van der Waals surface area (Å²) in [5.41, 5.74) is 0. The molecule has 0 rings (SSSR count). The Bertz CT molecular complexity index is 89.6. The molecule has 0 radical (unpaired) electrons. The fourth-order valence-corrected chi connectivity index (χ4v) is 1.93. The van der Waals surface area contributed by atoms with Crippen molar-refractivity contribution in [2.75, 3.05) is 0 Å². The molecule has 0 aliphatic carbocycles. The Kier molecular flexibility index (Phi) is 23.7. The van der Waals surface area contributed by atoms with Crippen molar-refractivity contribution in [3.8, 4) is 0 Å². The predicted octanol–water partition coefficient (Wildman–Crippen LogP) is 2.92. The van der Waals surface area contributed by atoms with Crippen LogP contribution >= 0.6 is 0 Å². The van der Waals surface area contributed by atoms with Crippen LogP contribution < -0.4 is 51.4 Å². The van der Waals surface area contributed by atoms with Gasteiger partial charge in [0.1, 0.15) is 0 Å². The summed E-state index contributed by atoms with van der Waals surface area (Å²) in [6.45, 7) is 4.56. The quantitative estimate of drug-likeness (QED) is 0.284. The maximum atomic E-state index is 2.50. The van der Waals surface area contributed by atoms with Crippen LogP contribution in [0.25, 0.3) is 0 Å². The molecule has 16 heavy (non-hydrogen) atoms. The van der Waals surface area contributed by atoms with E-state index >= 15 is 0 Å². The van der Waals surface area contributed by atoms with E-state index in [1.165, 1.54) is 77.0 Å². The van der Waals surface area contributed by atoms with Crippen LogP contribution in [0.15, 0.2) is 0 Å². The molecule has 0 saturated heterocycles. The first-order chi connectivity index (χ1) is 7.41. The molecule has 0 atom stereocenters. The van der Waals surface area contributed by atoms with E-state index in [1.807, 2.05) is 0 Å². The van der Waals surface area contributed by atoms with Crippen molar-refractivity contribution in [3.05, 3.63) is 6.42 Å². The topological polar surface area (TPSA) is 0 Å². The number of hydrogen-bond donors (Lipinski definition) is 0. The third-order valence-corrected chi connectivity index (χ3v) is 3.02. The van der Waals surface area contributed by atoms with E-state index in [2.05, 4.69) is 20.3 Å². The molecule has 0 nitrogen and oxygen atoms in total. The summed E-state index contributed by atoms with van der Waals surface area (Å²) in [5.74, 6) is 0. The number of hydrogen-bond acceptors (Lipinski definition) is 0. The van der Waals surface area contributed by atoms with Crippen LogP contribution in [0.3, 0.4) is 0 Å². The summed E-state index contributed by atoms with van der Waals surface area (Å²) in [5, 5.41) is 0. The molecule has 0 saturated carbocycles. The summed E-state index contributed by atoms with van der Waals surface area (Å²) in [6, 6.07) is 0. The molecular formula is C15H31K. The Morgan fingerprint density at radius 3 is 1.50 bits per heavy atom. The molecular weight excluding hydrogens is 219 g/mol. The Hall–Kier alpha value is 1.64. The molecule has 0 amide bonds. The van der Waals surface area contributed by atoms with Crippen molar-refractivity contribution < 1.29 is 51.4 Å². The van der Waals surface area contributed by atoms with Gasteiger partial charge in [0.15, 0.2) is 0 Å². The Balaban J connectivity index is 0. The minimum absolute atomic E-state index is 0. The SMILES string of the molecule is CCCCC[CH-]CCCCCCCCC.[K+]. The summed E-state index contributed by atoms with van der Waals surface area (Å²) in [7, 11) is 0. The molecule has 0 fully saturated rings. The Labute approximate surface area is 147 Å². The Morgan fingerprint density at radius 1 is 0.562 bits per heavy atom. The van der Waals surface area contributed by atoms with Gasteiger partial charge in [0, 0.05) is 0 Å². The minimum atomic E-state index is 0. The van der Waals surface area contributed by atoms with E-state index in [0.717, 1.165) is 0 Å². The standard InChI is InChI=1S/C15H31.K/c1-3-5-7-9-11-13-15-14-12-10-8-6-4-2;/h11H,3-10,12-15H2,1-2H3;/q-1;+1. The zero-order valence-corrected chi connectivity index (χ0v) is 15.2. The van der Waals surface area contributed by atoms with Gasteiger partial charge < -0.3 is 6.42 Å². The van der Waals surface area contributed by atoms with Gasteiger partial charge in [-0.2, -0.15) is 12.8 Å². The van der Waals surface area contributed by atoms with Gasteiger partial charge in [-0.05, 0) is 0 Å². The van der Waals surface area contributed by atoms with Crippen LogP contribution in [0.4, 0.5) is 0 Å². The second-order valence-corrected chi connectivity index (χ2v) is 4.69. The smallest absolute Gasteiger partial charge is 0.328 e. The maximum Gasteiger partial charge on any atom is 1.00 e. The normalized spacial score (nSPS) is 10.1. The van der Waals surface area contributed by atoms with Gasteiger partial charge in [0.2, 0.25) is 0 Å². The van der Waals surface area contributed by atoms with Crippen molar-refractivity contribution >= 4 is 0 Å². The second-order valence-electron chi connectivity index (χ2n) is 4.69. The van der Waals surface area contributed by atoms with Crippen LogP contribution in [0.2, 0.25) is 0 Å². The molecule has 0 aliphatic heterocycles. The summed E-state index contributed by atoms with van der Waals surface area (Å²) in [4.78, 5) is 0. The van der Waals surface area contributed by atoms with E-state index in [1.54, 1.807) is 0 Å². The first kappa shape index (κ1) is 20.0. The average Bonchev–Trinajstić information content (AvgIpc) is 2.26. The predicted molar refractivity (Wildman–Crippen MR) is 71.1 cm³/mol. The van der Waals surface area contributed by atoms with Gasteiger partial charge in [0.05, 0.1) is 0 Å². The van der Waals surface area contributed by atoms with Crippen molar-refractivity contribution in [2.24, 2.45) is 0 Å². The van der Waals surface area contributed by atoms with Crippen molar-refractivity contribution in [1.82, 2.24) is 0 Å². The van der Waals surface area contributed by atoms with E-state index < -0.39 is 0 Å². The molecule has 0 aliphatic rings. The minimum Gasteiger partial charge on any atom is -0.328 e. The van der Waals surface area contributed by atoms with E-state index in [0.29, 0.717) is 0 Å². The molecule has 0 aromatic rings. The monoisotopic (exact) mass is 250 g/mol. The molecule has 0 bridgehead atoms. The van der Waals surface area contributed by atoms with Crippen molar-refractivity contribution in [2.45, 2.75) is 90.9 Å². The Morgan fingerprint density at radius 2 is 0.938 bits per heavy atom.